The second-order valence-corrected chi connectivity index (χ2v) is 8.36. The van der Waals surface area contributed by atoms with Gasteiger partial charge in [-0.05, 0) is 23.8 Å². The smallest absolute Gasteiger partial charge is 0.276 e. The van der Waals surface area contributed by atoms with Crippen LogP contribution in [0.15, 0.2) is 28.1 Å². The molecule has 2 aromatic rings. The number of thiophene rings is 1. The molecule has 0 N–H and O–H groups in total. The van der Waals surface area contributed by atoms with Crippen molar-refractivity contribution in [2.75, 3.05) is 26.2 Å². The fraction of sp³-hybridized carbons (Fsp3) is 0.550. The summed E-state index contributed by atoms with van der Waals surface area (Å²) in [6.45, 7) is 2.31. The van der Waals surface area contributed by atoms with Crippen LogP contribution in [0.1, 0.15) is 49.0 Å². The Bertz CT molecular complexity index is 772. The third-order valence-corrected chi connectivity index (χ3v) is 6.54. The van der Waals surface area contributed by atoms with Crippen LogP contribution in [0.4, 0.5) is 0 Å². The first-order valence-electron chi connectivity index (χ1n) is 9.78. The van der Waals surface area contributed by atoms with E-state index in [9.17, 15) is 9.59 Å². The Balaban J connectivity index is 1.27. The lowest BCUT2D eigenvalue weighted by Gasteiger charge is -2.34. The first-order valence-corrected chi connectivity index (χ1v) is 10.7. The van der Waals surface area contributed by atoms with Gasteiger partial charge in [-0.1, -0.05) is 36.9 Å². The van der Waals surface area contributed by atoms with Gasteiger partial charge >= 0.3 is 0 Å². The lowest BCUT2D eigenvalue weighted by atomic mass is 10.0. The molecule has 2 aliphatic rings. The van der Waals surface area contributed by atoms with Gasteiger partial charge in [0.2, 0.25) is 5.91 Å². The zero-order valence-electron chi connectivity index (χ0n) is 15.4. The van der Waals surface area contributed by atoms with E-state index in [2.05, 4.69) is 5.16 Å². The Morgan fingerprint density at radius 1 is 1.15 bits per heavy atom. The third kappa shape index (κ3) is 4.24. The largest absolute Gasteiger partial charge is 0.355 e. The van der Waals surface area contributed by atoms with Crippen LogP contribution in [0.2, 0.25) is 0 Å². The minimum Gasteiger partial charge on any atom is -0.355 e. The van der Waals surface area contributed by atoms with Gasteiger partial charge in [0.1, 0.15) is 0 Å². The predicted octanol–water partition coefficient (Wildman–Crippen LogP) is 3.66. The SMILES string of the molecule is O=C(CCC1CCCC1)N1CCN(C(=O)c2cc(-c3cccs3)on2)CC1. The second kappa shape index (κ2) is 8.25. The number of aromatic nitrogens is 1. The maximum Gasteiger partial charge on any atom is 0.276 e. The van der Waals surface area contributed by atoms with Crippen LogP contribution in [0.5, 0.6) is 0 Å². The number of rotatable bonds is 5. The average molecular weight is 388 g/mol. The molecule has 0 aromatic carbocycles. The van der Waals surface area contributed by atoms with E-state index in [4.69, 9.17) is 4.52 Å². The molecule has 1 saturated carbocycles. The second-order valence-electron chi connectivity index (χ2n) is 7.42. The van der Waals surface area contributed by atoms with Gasteiger partial charge in [0.25, 0.3) is 5.91 Å². The average Bonchev–Trinajstić information content (AvgIpc) is 3.47. The summed E-state index contributed by atoms with van der Waals surface area (Å²) in [5.74, 6) is 1.46. The number of carbonyl (C=O) groups excluding carboxylic acids is 2. The molecule has 6 nitrogen and oxygen atoms in total. The van der Waals surface area contributed by atoms with Crippen LogP contribution < -0.4 is 0 Å². The van der Waals surface area contributed by atoms with E-state index in [1.165, 1.54) is 25.7 Å². The van der Waals surface area contributed by atoms with E-state index < -0.39 is 0 Å². The highest BCUT2D eigenvalue weighted by Gasteiger charge is 2.27. The van der Waals surface area contributed by atoms with Crippen molar-refractivity contribution in [3.05, 3.63) is 29.3 Å². The van der Waals surface area contributed by atoms with Crippen LogP contribution in [0, 0.1) is 5.92 Å². The minimum absolute atomic E-state index is 0.125. The van der Waals surface area contributed by atoms with Crippen molar-refractivity contribution >= 4 is 23.2 Å². The van der Waals surface area contributed by atoms with Crippen molar-refractivity contribution in [2.24, 2.45) is 5.92 Å². The van der Waals surface area contributed by atoms with Gasteiger partial charge in [-0.3, -0.25) is 9.59 Å². The molecule has 27 heavy (non-hydrogen) atoms. The maximum atomic E-state index is 12.7. The van der Waals surface area contributed by atoms with Gasteiger partial charge in [-0.2, -0.15) is 0 Å². The number of hydrogen-bond acceptors (Lipinski definition) is 5. The fourth-order valence-corrected chi connectivity index (χ4v) is 4.69. The quantitative estimate of drug-likeness (QED) is 0.785. The molecule has 1 aliphatic carbocycles. The highest BCUT2D eigenvalue weighted by Crippen LogP contribution is 2.29. The van der Waals surface area contributed by atoms with Gasteiger partial charge in [0.05, 0.1) is 4.88 Å². The molecule has 2 fully saturated rings. The Hall–Kier alpha value is -2.15. The summed E-state index contributed by atoms with van der Waals surface area (Å²) in [6.07, 6.45) is 6.85. The fourth-order valence-electron chi connectivity index (χ4n) is 4.02. The Kier molecular flexibility index (Phi) is 5.57. The van der Waals surface area contributed by atoms with Crippen LogP contribution in [0.3, 0.4) is 0 Å². The van der Waals surface area contributed by atoms with E-state index in [0.29, 0.717) is 44.1 Å². The van der Waals surface area contributed by atoms with Crippen molar-refractivity contribution < 1.29 is 14.1 Å². The van der Waals surface area contributed by atoms with Crippen LogP contribution >= 0.6 is 11.3 Å². The zero-order valence-corrected chi connectivity index (χ0v) is 16.2. The van der Waals surface area contributed by atoms with Gasteiger partial charge in [-0.25, -0.2) is 0 Å². The number of amides is 2. The van der Waals surface area contributed by atoms with Gasteiger partial charge < -0.3 is 14.3 Å². The summed E-state index contributed by atoms with van der Waals surface area (Å²) in [5, 5.41) is 5.90. The normalized spacial score (nSPS) is 18.2. The Labute approximate surface area is 163 Å². The molecular formula is C20H25N3O3S. The topological polar surface area (TPSA) is 66.7 Å². The summed E-state index contributed by atoms with van der Waals surface area (Å²) >= 11 is 1.55. The molecule has 3 heterocycles. The molecule has 1 saturated heterocycles. The monoisotopic (exact) mass is 387 g/mol. The van der Waals surface area contributed by atoms with Crippen LogP contribution in [-0.2, 0) is 4.79 Å². The van der Waals surface area contributed by atoms with Crippen LogP contribution in [-0.4, -0.2) is 52.9 Å². The van der Waals surface area contributed by atoms with E-state index in [1.54, 1.807) is 22.3 Å². The highest BCUT2D eigenvalue weighted by molar-refractivity contribution is 7.13. The molecule has 2 aromatic heterocycles. The lowest BCUT2D eigenvalue weighted by Crippen LogP contribution is -2.50. The van der Waals surface area contributed by atoms with Crippen molar-refractivity contribution in [1.82, 2.24) is 15.0 Å². The third-order valence-electron chi connectivity index (χ3n) is 5.65. The predicted molar refractivity (Wildman–Crippen MR) is 103 cm³/mol. The van der Waals surface area contributed by atoms with E-state index in [-0.39, 0.29) is 11.8 Å². The molecule has 144 valence electrons. The first kappa shape index (κ1) is 18.2. The van der Waals surface area contributed by atoms with Crippen molar-refractivity contribution in [1.29, 1.82) is 0 Å². The highest BCUT2D eigenvalue weighted by atomic mass is 32.1. The molecule has 4 rings (SSSR count). The summed E-state index contributed by atoms with van der Waals surface area (Å²) in [4.78, 5) is 29.7. The van der Waals surface area contributed by atoms with E-state index in [1.807, 2.05) is 22.4 Å². The van der Waals surface area contributed by atoms with Crippen LogP contribution in [0.25, 0.3) is 10.6 Å². The van der Waals surface area contributed by atoms with Crippen molar-refractivity contribution in [3.63, 3.8) is 0 Å². The number of carbonyl (C=O) groups is 2. The van der Waals surface area contributed by atoms with Crippen molar-refractivity contribution in [3.8, 4) is 10.6 Å². The molecule has 2 amide bonds. The molecule has 0 radical (unpaired) electrons. The van der Waals surface area contributed by atoms with Crippen molar-refractivity contribution in [2.45, 2.75) is 38.5 Å². The van der Waals surface area contributed by atoms with E-state index >= 15 is 0 Å². The molecule has 7 heteroatoms. The molecule has 1 aliphatic heterocycles. The van der Waals surface area contributed by atoms with E-state index in [0.717, 1.165) is 17.2 Å². The van der Waals surface area contributed by atoms with Gasteiger partial charge in [0.15, 0.2) is 11.5 Å². The molecular weight excluding hydrogens is 362 g/mol. The lowest BCUT2D eigenvalue weighted by molar-refractivity contribution is -0.133. The summed E-state index contributed by atoms with van der Waals surface area (Å²) in [7, 11) is 0. The first-order chi connectivity index (χ1) is 13.2. The minimum atomic E-state index is -0.125. The number of hydrogen-bond donors (Lipinski definition) is 0. The summed E-state index contributed by atoms with van der Waals surface area (Å²) in [6, 6.07) is 5.58. The molecule has 0 atom stereocenters. The standard InChI is InChI=1S/C20H25N3O3S/c24-19(8-7-15-4-1-2-5-15)22-9-11-23(12-10-22)20(25)16-14-17(26-21-16)18-6-3-13-27-18/h3,6,13-15H,1-2,4-5,7-12H2. The number of nitrogens with zero attached hydrogens (tertiary/aromatic N) is 3. The molecule has 0 unspecified atom stereocenters. The summed E-state index contributed by atoms with van der Waals surface area (Å²) < 4.78 is 5.31. The zero-order chi connectivity index (χ0) is 18.6. The number of piperazine rings is 1. The molecule has 0 spiro atoms. The Morgan fingerprint density at radius 3 is 2.59 bits per heavy atom. The summed E-state index contributed by atoms with van der Waals surface area (Å²) in [5.41, 5.74) is 0.333. The Morgan fingerprint density at radius 2 is 1.89 bits per heavy atom. The maximum absolute atomic E-state index is 12.7. The van der Waals surface area contributed by atoms with Gasteiger partial charge in [-0.15, -0.1) is 11.3 Å². The van der Waals surface area contributed by atoms with Gasteiger partial charge in [0, 0.05) is 38.7 Å². The molecule has 0 bridgehead atoms.